The summed E-state index contributed by atoms with van der Waals surface area (Å²) < 4.78 is 23.0. The molecule has 0 atom stereocenters. The molecular weight excluding hydrogens is 203 g/mol. The van der Waals surface area contributed by atoms with Gasteiger partial charge in [-0.1, -0.05) is 0 Å². The molecule has 0 rings (SSSR count). The predicted molar refractivity (Wildman–Crippen MR) is 54.9 cm³/mol. The molecule has 82 valence electrons. The number of hydrogen-bond donors (Lipinski definition) is 0. The zero-order chi connectivity index (χ0) is 11.4. The number of allylic oxidation sites excluding steroid dienone is 1. The first-order valence-electron chi connectivity index (χ1n) is 4.50. The standard InChI is InChI=1S/C9H17FO3Si/c1-6-12-9(11)8(10)7(2)13-14(3,4)5/h6H2,1-5H3/b8-7+. The van der Waals surface area contributed by atoms with E-state index in [2.05, 4.69) is 4.74 Å². The molecule has 3 nitrogen and oxygen atoms in total. The van der Waals surface area contributed by atoms with E-state index in [0.717, 1.165) is 0 Å². The van der Waals surface area contributed by atoms with Crippen LogP contribution in [0.2, 0.25) is 19.6 Å². The van der Waals surface area contributed by atoms with Crippen molar-refractivity contribution in [1.82, 2.24) is 0 Å². The van der Waals surface area contributed by atoms with Crippen LogP contribution in [0.5, 0.6) is 0 Å². The molecule has 0 fully saturated rings. The van der Waals surface area contributed by atoms with Gasteiger partial charge < -0.3 is 9.16 Å². The van der Waals surface area contributed by atoms with Crippen molar-refractivity contribution >= 4 is 14.3 Å². The first-order valence-corrected chi connectivity index (χ1v) is 7.91. The SMILES string of the molecule is CCOC(=O)/C(F)=C(/C)O[Si](C)(C)C. The van der Waals surface area contributed by atoms with Crippen LogP contribution < -0.4 is 0 Å². The summed E-state index contributed by atoms with van der Waals surface area (Å²) in [6, 6.07) is 0. The number of rotatable bonds is 4. The normalized spacial score (nSPS) is 13.3. The Hall–Kier alpha value is -0.843. The molecular formula is C9H17FO3Si. The first kappa shape index (κ1) is 13.2. The summed E-state index contributed by atoms with van der Waals surface area (Å²) in [4.78, 5) is 11.0. The van der Waals surface area contributed by atoms with E-state index in [1.807, 2.05) is 19.6 Å². The van der Waals surface area contributed by atoms with Crippen LogP contribution in [0.3, 0.4) is 0 Å². The van der Waals surface area contributed by atoms with E-state index in [-0.39, 0.29) is 12.4 Å². The summed E-state index contributed by atoms with van der Waals surface area (Å²) in [5.74, 6) is -1.87. The second-order valence-electron chi connectivity index (χ2n) is 3.81. The van der Waals surface area contributed by atoms with Gasteiger partial charge in [-0.25, -0.2) is 4.79 Å². The molecule has 0 saturated carbocycles. The van der Waals surface area contributed by atoms with E-state index in [0.29, 0.717) is 0 Å². The maximum Gasteiger partial charge on any atom is 0.370 e. The molecule has 0 saturated heterocycles. The average molecular weight is 220 g/mol. The minimum atomic E-state index is -1.86. The van der Waals surface area contributed by atoms with Crippen LogP contribution in [0.1, 0.15) is 13.8 Å². The fourth-order valence-corrected chi connectivity index (χ4v) is 1.85. The highest BCUT2D eigenvalue weighted by molar-refractivity contribution is 6.70. The Morgan fingerprint density at radius 3 is 2.21 bits per heavy atom. The van der Waals surface area contributed by atoms with Gasteiger partial charge in [-0.15, -0.1) is 0 Å². The lowest BCUT2D eigenvalue weighted by Gasteiger charge is -2.19. The lowest BCUT2D eigenvalue weighted by Crippen LogP contribution is -2.25. The smallest absolute Gasteiger partial charge is 0.370 e. The molecule has 0 radical (unpaired) electrons. The minimum absolute atomic E-state index is 0.0163. The summed E-state index contributed by atoms with van der Waals surface area (Å²) in [5.41, 5.74) is 0. The molecule has 0 unspecified atom stereocenters. The Morgan fingerprint density at radius 1 is 1.36 bits per heavy atom. The molecule has 14 heavy (non-hydrogen) atoms. The van der Waals surface area contributed by atoms with Gasteiger partial charge in [-0.2, -0.15) is 4.39 Å². The van der Waals surface area contributed by atoms with Crippen molar-refractivity contribution in [3.8, 4) is 0 Å². The second-order valence-corrected chi connectivity index (χ2v) is 8.23. The molecule has 0 aliphatic heterocycles. The monoisotopic (exact) mass is 220 g/mol. The third-order valence-corrected chi connectivity index (χ3v) is 2.14. The van der Waals surface area contributed by atoms with Gasteiger partial charge in [0, 0.05) is 0 Å². The van der Waals surface area contributed by atoms with E-state index < -0.39 is 20.1 Å². The average Bonchev–Trinajstić information content (AvgIpc) is 2.00. The Kier molecular flexibility index (Phi) is 4.83. The molecule has 0 heterocycles. The molecule has 0 N–H and O–H groups in total. The third-order valence-electron chi connectivity index (χ3n) is 1.22. The van der Waals surface area contributed by atoms with Gasteiger partial charge in [0.25, 0.3) is 0 Å². The summed E-state index contributed by atoms with van der Waals surface area (Å²) in [6.45, 7) is 8.95. The molecule has 0 amide bonds. The number of esters is 1. The molecule has 0 aliphatic carbocycles. The quantitative estimate of drug-likeness (QED) is 0.316. The van der Waals surface area contributed by atoms with Gasteiger partial charge in [-0.3, -0.25) is 0 Å². The molecule has 0 spiro atoms. The van der Waals surface area contributed by atoms with E-state index >= 15 is 0 Å². The van der Waals surface area contributed by atoms with Gasteiger partial charge in [0.1, 0.15) is 5.76 Å². The highest BCUT2D eigenvalue weighted by Gasteiger charge is 2.21. The maximum atomic E-state index is 13.2. The van der Waals surface area contributed by atoms with Crippen LogP contribution in [-0.2, 0) is 14.0 Å². The zero-order valence-corrected chi connectivity index (χ0v) is 10.3. The third kappa shape index (κ3) is 5.01. The summed E-state index contributed by atoms with van der Waals surface area (Å²) in [7, 11) is -1.86. The summed E-state index contributed by atoms with van der Waals surface area (Å²) in [6.07, 6.45) is 0. The Morgan fingerprint density at radius 2 is 1.86 bits per heavy atom. The molecule has 0 aromatic rings. The highest BCUT2D eigenvalue weighted by Crippen LogP contribution is 2.15. The van der Waals surface area contributed by atoms with Crippen molar-refractivity contribution in [3.63, 3.8) is 0 Å². The van der Waals surface area contributed by atoms with Crippen molar-refractivity contribution in [2.24, 2.45) is 0 Å². The van der Waals surface area contributed by atoms with Gasteiger partial charge in [0.05, 0.1) is 6.61 Å². The molecule has 0 bridgehead atoms. The lowest BCUT2D eigenvalue weighted by molar-refractivity contribution is -0.140. The lowest BCUT2D eigenvalue weighted by atomic mass is 10.4. The van der Waals surface area contributed by atoms with Crippen molar-refractivity contribution in [2.45, 2.75) is 33.5 Å². The van der Waals surface area contributed by atoms with E-state index in [1.165, 1.54) is 6.92 Å². The summed E-state index contributed by atoms with van der Waals surface area (Å²) in [5, 5.41) is 0. The van der Waals surface area contributed by atoms with Crippen molar-refractivity contribution in [1.29, 1.82) is 0 Å². The summed E-state index contributed by atoms with van der Waals surface area (Å²) >= 11 is 0. The second kappa shape index (κ2) is 5.14. The number of carbonyl (C=O) groups excluding carboxylic acids is 1. The predicted octanol–water partition coefficient (Wildman–Crippen LogP) is 2.60. The van der Waals surface area contributed by atoms with E-state index in [9.17, 15) is 9.18 Å². The van der Waals surface area contributed by atoms with Crippen LogP contribution in [0.15, 0.2) is 11.6 Å². The Bertz CT molecular complexity index is 243. The fraction of sp³-hybridized carbons (Fsp3) is 0.667. The number of hydrogen-bond acceptors (Lipinski definition) is 3. The van der Waals surface area contributed by atoms with Crippen LogP contribution in [0.4, 0.5) is 4.39 Å². The van der Waals surface area contributed by atoms with Gasteiger partial charge in [0.15, 0.2) is 0 Å². The fourth-order valence-electron chi connectivity index (χ4n) is 0.842. The van der Waals surface area contributed by atoms with E-state index in [1.54, 1.807) is 6.92 Å². The number of carbonyl (C=O) groups is 1. The maximum absolute atomic E-state index is 13.2. The van der Waals surface area contributed by atoms with Gasteiger partial charge >= 0.3 is 5.97 Å². The topological polar surface area (TPSA) is 35.5 Å². The van der Waals surface area contributed by atoms with Gasteiger partial charge in [-0.05, 0) is 33.5 Å². The van der Waals surface area contributed by atoms with Crippen LogP contribution >= 0.6 is 0 Å². The molecule has 0 aromatic heterocycles. The number of ether oxygens (including phenoxy) is 1. The molecule has 0 aromatic carbocycles. The largest absolute Gasteiger partial charge is 0.545 e. The van der Waals surface area contributed by atoms with Gasteiger partial charge in [0.2, 0.25) is 14.1 Å². The highest BCUT2D eigenvalue weighted by atomic mass is 28.4. The van der Waals surface area contributed by atoms with Crippen LogP contribution in [0, 0.1) is 0 Å². The van der Waals surface area contributed by atoms with E-state index in [4.69, 9.17) is 4.43 Å². The van der Waals surface area contributed by atoms with Crippen LogP contribution in [0.25, 0.3) is 0 Å². The number of halogens is 1. The Balaban J connectivity index is 4.51. The van der Waals surface area contributed by atoms with Crippen molar-refractivity contribution < 1.29 is 18.3 Å². The first-order chi connectivity index (χ1) is 6.28. The van der Waals surface area contributed by atoms with Crippen LogP contribution in [-0.4, -0.2) is 20.9 Å². The zero-order valence-electron chi connectivity index (χ0n) is 9.31. The van der Waals surface area contributed by atoms with Crippen molar-refractivity contribution in [3.05, 3.63) is 11.6 Å². The Labute approximate surface area is 85.0 Å². The molecule has 0 aliphatic rings. The molecule has 5 heteroatoms. The minimum Gasteiger partial charge on any atom is -0.545 e. The van der Waals surface area contributed by atoms with Crippen molar-refractivity contribution in [2.75, 3.05) is 6.61 Å².